The van der Waals surface area contributed by atoms with Gasteiger partial charge in [0.15, 0.2) is 6.20 Å². The van der Waals surface area contributed by atoms with Crippen LogP contribution in [-0.4, -0.2) is 22.2 Å². The van der Waals surface area contributed by atoms with Crippen LogP contribution in [0.4, 0.5) is 5.69 Å². The molecule has 0 aliphatic carbocycles. The van der Waals surface area contributed by atoms with Gasteiger partial charge in [-0.15, -0.1) is 0 Å². The second-order valence-corrected chi connectivity index (χ2v) is 7.47. The number of benzene rings is 2. The van der Waals surface area contributed by atoms with Gasteiger partial charge < -0.3 is 20.3 Å². The number of phenols is 2. The number of fused-ring (bicyclic) bond motifs is 1. The van der Waals surface area contributed by atoms with E-state index < -0.39 is 0 Å². The third-order valence-corrected chi connectivity index (χ3v) is 5.48. The maximum Gasteiger partial charge on any atom is 0.262 e. The molecule has 2 aromatic carbocycles. The van der Waals surface area contributed by atoms with Gasteiger partial charge in [0, 0.05) is 35.0 Å². The number of carbonyl (C=O) groups excluding carboxylic acids is 1. The Balaban J connectivity index is 1.77. The number of aromatic hydroxyl groups is 2. The van der Waals surface area contributed by atoms with Crippen LogP contribution in [0.15, 0.2) is 54.7 Å². The van der Waals surface area contributed by atoms with Crippen molar-refractivity contribution < 1.29 is 19.7 Å². The average Bonchev–Trinajstić information content (AvgIpc) is 2.67. The van der Waals surface area contributed by atoms with E-state index in [4.69, 9.17) is 0 Å². The van der Waals surface area contributed by atoms with Gasteiger partial charge in [-0.2, -0.15) is 4.73 Å². The third kappa shape index (κ3) is 3.27. The Hall–Kier alpha value is -3.54. The normalized spacial score (nSPS) is 15.8. The summed E-state index contributed by atoms with van der Waals surface area (Å²) in [5.41, 5.74) is 4.19. The fraction of sp³-hybridized carbons (Fsp3) is 0.217. The number of anilines is 1. The minimum atomic E-state index is -0.321. The number of nitrogens with zero attached hydrogens (tertiary/aromatic N) is 2. The molecule has 2 N–H and O–H groups in total. The summed E-state index contributed by atoms with van der Waals surface area (Å²) in [6.45, 7) is 3.87. The molecule has 6 heteroatoms. The Bertz CT molecular complexity index is 1090. The summed E-state index contributed by atoms with van der Waals surface area (Å²) in [5, 5.41) is 31.9. The van der Waals surface area contributed by atoms with Crippen molar-refractivity contribution in [1.82, 2.24) is 0 Å². The number of hydrogen-bond donors (Lipinski definition) is 2. The van der Waals surface area contributed by atoms with Gasteiger partial charge >= 0.3 is 0 Å². The van der Waals surface area contributed by atoms with Crippen molar-refractivity contribution in [1.29, 1.82) is 0 Å². The molecule has 1 aliphatic heterocycles. The molecule has 1 atom stereocenters. The zero-order valence-corrected chi connectivity index (χ0v) is 16.3. The van der Waals surface area contributed by atoms with Crippen LogP contribution in [0.25, 0.3) is 11.3 Å². The van der Waals surface area contributed by atoms with E-state index in [1.807, 2.05) is 38.1 Å². The van der Waals surface area contributed by atoms with Crippen molar-refractivity contribution in [3.63, 3.8) is 0 Å². The SMILES string of the molecule is Cc1ccc[n+]([O-])c1-c1ccc2c(c1)CC[C@H](C)N2C(=O)c1ccc(O)cc1O. The quantitative estimate of drug-likeness (QED) is 0.516. The molecule has 0 bridgehead atoms. The van der Waals surface area contributed by atoms with Crippen molar-refractivity contribution in [2.75, 3.05) is 4.90 Å². The van der Waals surface area contributed by atoms with Crippen LogP contribution in [0.2, 0.25) is 0 Å². The van der Waals surface area contributed by atoms with Gasteiger partial charge in [0.05, 0.1) is 5.56 Å². The standard InChI is InChI=1S/C23H22N2O4/c1-14-4-3-11-24(29)22(14)17-7-10-20-16(12-17)6-5-15(2)25(20)23(28)19-9-8-18(26)13-21(19)27/h3-4,7-13,15,26-27H,5-6H2,1-2H3/t15-/m0/s1. The molecule has 0 radical (unpaired) electrons. The first-order valence-corrected chi connectivity index (χ1v) is 9.54. The number of pyridine rings is 1. The monoisotopic (exact) mass is 390 g/mol. The summed E-state index contributed by atoms with van der Waals surface area (Å²) in [4.78, 5) is 14.9. The molecule has 1 aromatic heterocycles. The molecule has 0 saturated heterocycles. The number of phenolic OH excluding ortho intramolecular Hbond substituents is 2. The number of amides is 1. The van der Waals surface area contributed by atoms with E-state index in [1.165, 1.54) is 18.3 Å². The topological polar surface area (TPSA) is 87.7 Å². The smallest absolute Gasteiger partial charge is 0.262 e. The predicted molar refractivity (Wildman–Crippen MR) is 110 cm³/mol. The Morgan fingerprint density at radius 3 is 2.69 bits per heavy atom. The molecule has 148 valence electrons. The van der Waals surface area contributed by atoms with E-state index in [2.05, 4.69) is 0 Å². The van der Waals surface area contributed by atoms with E-state index in [0.29, 0.717) is 5.69 Å². The van der Waals surface area contributed by atoms with Crippen LogP contribution in [0.3, 0.4) is 0 Å². The lowest BCUT2D eigenvalue weighted by Gasteiger charge is -2.35. The van der Waals surface area contributed by atoms with Crippen molar-refractivity contribution in [3.8, 4) is 22.8 Å². The van der Waals surface area contributed by atoms with Crippen LogP contribution < -0.4 is 9.63 Å². The van der Waals surface area contributed by atoms with Gasteiger partial charge in [-0.05, 0) is 68.7 Å². The lowest BCUT2D eigenvalue weighted by Crippen LogP contribution is -2.42. The number of rotatable bonds is 2. The first-order chi connectivity index (χ1) is 13.9. The van der Waals surface area contributed by atoms with Crippen molar-refractivity contribution >= 4 is 11.6 Å². The molecular formula is C23H22N2O4. The average molecular weight is 390 g/mol. The highest BCUT2D eigenvalue weighted by atomic mass is 16.5. The largest absolute Gasteiger partial charge is 0.618 e. The van der Waals surface area contributed by atoms with Gasteiger partial charge in [-0.3, -0.25) is 4.79 Å². The van der Waals surface area contributed by atoms with Gasteiger partial charge in [0.1, 0.15) is 11.5 Å². The second-order valence-electron chi connectivity index (χ2n) is 7.47. The maximum absolute atomic E-state index is 13.2. The fourth-order valence-corrected chi connectivity index (χ4v) is 3.99. The first kappa shape index (κ1) is 18.8. The number of aryl methyl sites for hydroxylation is 2. The predicted octanol–water partition coefficient (Wildman–Crippen LogP) is 3.69. The number of hydrogen-bond acceptors (Lipinski definition) is 4. The highest BCUT2D eigenvalue weighted by molar-refractivity contribution is 6.09. The van der Waals surface area contributed by atoms with Crippen LogP contribution >= 0.6 is 0 Å². The van der Waals surface area contributed by atoms with Crippen LogP contribution in [0.1, 0.15) is 34.8 Å². The second kappa shape index (κ2) is 7.13. The first-order valence-electron chi connectivity index (χ1n) is 9.54. The highest BCUT2D eigenvalue weighted by Crippen LogP contribution is 2.36. The van der Waals surface area contributed by atoms with Crippen LogP contribution in [-0.2, 0) is 6.42 Å². The number of aromatic nitrogens is 1. The number of carbonyl (C=O) groups is 1. The summed E-state index contributed by atoms with van der Waals surface area (Å²) in [5.74, 6) is -0.670. The highest BCUT2D eigenvalue weighted by Gasteiger charge is 2.31. The van der Waals surface area contributed by atoms with Gasteiger partial charge in [-0.25, -0.2) is 0 Å². The molecule has 0 unspecified atom stereocenters. The van der Waals surface area contributed by atoms with Crippen LogP contribution in [0.5, 0.6) is 11.5 Å². The molecule has 4 rings (SSSR count). The third-order valence-electron chi connectivity index (χ3n) is 5.48. The van der Waals surface area contributed by atoms with E-state index in [1.54, 1.807) is 11.0 Å². The minimum Gasteiger partial charge on any atom is -0.618 e. The summed E-state index contributed by atoms with van der Waals surface area (Å²) >= 11 is 0. The molecule has 0 spiro atoms. The van der Waals surface area contributed by atoms with E-state index in [-0.39, 0.29) is 29.0 Å². The summed E-state index contributed by atoms with van der Waals surface area (Å²) in [7, 11) is 0. The Morgan fingerprint density at radius 1 is 1.17 bits per heavy atom. The Labute approximate surface area is 168 Å². The minimum absolute atomic E-state index is 0.0445. The lowest BCUT2D eigenvalue weighted by atomic mass is 9.92. The maximum atomic E-state index is 13.2. The van der Waals surface area contributed by atoms with Gasteiger partial charge in [0.2, 0.25) is 5.69 Å². The van der Waals surface area contributed by atoms with E-state index in [0.717, 1.165) is 46.0 Å². The molecule has 0 fully saturated rings. The van der Waals surface area contributed by atoms with Crippen molar-refractivity contribution in [3.05, 3.63) is 76.6 Å². The Morgan fingerprint density at radius 2 is 1.97 bits per heavy atom. The fourth-order valence-electron chi connectivity index (χ4n) is 3.99. The van der Waals surface area contributed by atoms with Crippen molar-refractivity contribution in [2.24, 2.45) is 0 Å². The molecule has 3 aromatic rings. The summed E-state index contributed by atoms with van der Waals surface area (Å²) in [6.07, 6.45) is 3.04. The molecule has 1 aliphatic rings. The van der Waals surface area contributed by atoms with Crippen molar-refractivity contribution in [2.45, 2.75) is 32.7 Å². The van der Waals surface area contributed by atoms with E-state index >= 15 is 0 Å². The molecule has 2 heterocycles. The molecule has 0 saturated carbocycles. The zero-order chi connectivity index (χ0) is 20.7. The van der Waals surface area contributed by atoms with Crippen LogP contribution in [0, 0.1) is 12.1 Å². The lowest BCUT2D eigenvalue weighted by molar-refractivity contribution is -0.594. The summed E-state index contributed by atoms with van der Waals surface area (Å²) in [6, 6.07) is 13.2. The van der Waals surface area contributed by atoms with Gasteiger partial charge in [-0.1, -0.05) is 0 Å². The van der Waals surface area contributed by atoms with Gasteiger partial charge in [0.25, 0.3) is 5.91 Å². The Kier molecular flexibility index (Phi) is 4.62. The van der Waals surface area contributed by atoms with E-state index in [9.17, 15) is 20.2 Å². The molecule has 6 nitrogen and oxygen atoms in total. The molecule has 29 heavy (non-hydrogen) atoms. The zero-order valence-electron chi connectivity index (χ0n) is 16.3. The molecule has 1 amide bonds. The molecular weight excluding hydrogens is 368 g/mol. The summed E-state index contributed by atoms with van der Waals surface area (Å²) < 4.78 is 0.861.